The van der Waals surface area contributed by atoms with Gasteiger partial charge in [-0.25, -0.2) is 0 Å². The number of piperidine rings is 1. The summed E-state index contributed by atoms with van der Waals surface area (Å²) in [5, 5.41) is 2.16. The van der Waals surface area contributed by atoms with Crippen LogP contribution in [0.3, 0.4) is 0 Å². The van der Waals surface area contributed by atoms with Gasteiger partial charge >= 0.3 is 0 Å². The number of carbonyl (C=O) groups is 1. The van der Waals surface area contributed by atoms with Crippen molar-refractivity contribution in [2.75, 3.05) is 39.9 Å². The van der Waals surface area contributed by atoms with Crippen LogP contribution in [-0.2, 0) is 16.1 Å². The Bertz CT molecular complexity index is 536. The highest BCUT2D eigenvalue weighted by Crippen LogP contribution is 2.45. The molecule has 0 aromatic carbocycles. The van der Waals surface area contributed by atoms with Crippen molar-refractivity contribution in [2.24, 2.45) is 17.3 Å². The van der Waals surface area contributed by atoms with Crippen molar-refractivity contribution in [3.8, 4) is 0 Å². The second kappa shape index (κ2) is 7.54. The number of hydrogen-bond acceptors (Lipinski definition) is 4. The number of likely N-dealkylation sites (tertiary alicyclic amines) is 2. The molecule has 1 spiro atoms. The smallest absolute Gasteiger partial charge is 0.225 e. The number of carbonyl (C=O) groups excluding carboxylic acids is 1. The van der Waals surface area contributed by atoms with E-state index in [1.807, 2.05) is 32.3 Å². The van der Waals surface area contributed by atoms with E-state index in [2.05, 4.69) is 27.3 Å². The van der Waals surface area contributed by atoms with E-state index in [1.165, 1.54) is 4.88 Å². The van der Waals surface area contributed by atoms with Crippen LogP contribution >= 0.6 is 11.3 Å². The molecule has 0 bridgehead atoms. The highest BCUT2D eigenvalue weighted by molar-refractivity contribution is 7.09. The van der Waals surface area contributed by atoms with Gasteiger partial charge in [0, 0.05) is 56.5 Å². The van der Waals surface area contributed by atoms with Gasteiger partial charge in [0.2, 0.25) is 5.91 Å². The van der Waals surface area contributed by atoms with E-state index in [0.29, 0.717) is 17.2 Å². The molecule has 0 aliphatic carbocycles. The summed E-state index contributed by atoms with van der Waals surface area (Å²) in [5.41, 5.74) is 0.320. The zero-order valence-corrected chi connectivity index (χ0v) is 16.0. The van der Waals surface area contributed by atoms with Crippen LogP contribution < -0.4 is 0 Å². The normalized spacial score (nSPS) is 24.2. The van der Waals surface area contributed by atoms with E-state index >= 15 is 0 Å². The van der Waals surface area contributed by atoms with E-state index < -0.39 is 0 Å². The van der Waals surface area contributed by atoms with Crippen LogP contribution in [0.5, 0.6) is 0 Å². The van der Waals surface area contributed by atoms with Crippen molar-refractivity contribution in [3.63, 3.8) is 0 Å². The first kappa shape index (κ1) is 17.9. The summed E-state index contributed by atoms with van der Waals surface area (Å²) in [7, 11) is 1.81. The molecular formula is C19H30N2O2S. The molecule has 134 valence electrons. The average Bonchev–Trinajstić information content (AvgIpc) is 3.17. The molecule has 2 saturated heterocycles. The molecule has 0 radical (unpaired) electrons. The summed E-state index contributed by atoms with van der Waals surface area (Å²) in [6.07, 6.45) is 2.22. The molecule has 1 aromatic rings. The number of hydrogen-bond donors (Lipinski definition) is 0. The summed E-state index contributed by atoms with van der Waals surface area (Å²) in [6, 6.07) is 4.36. The Labute approximate surface area is 149 Å². The predicted molar refractivity (Wildman–Crippen MR) is 98.0 cm³/mol. The first-order valence-corrected chi connectivity index (χ1v) is 9.94. The fraction of sp³-hybridized carbons (Fsp3) is 0.737. The fourth-order valence-corrected chi connectivity index (χ4v) is 5.17. The minimum atomic E-state index is 0.104. The van der Waals surface area contributed by atoms with Crippen LogP contribution in [0.2, 0.25) is 0 Å². The predicted octanol–water partition coefficient (Wildman–Crippen LogP) is 3.09. The van der Waals surface area contributed by atoms with E-state index in [4.69, 9.17) is 4.74 Å². The van der Waals surface area contributed by atoms with Gasteiger partial charge in [0.1, 0.15) is 0 Å². The highest BCUT2D eigenvalue weighted by atomic mass is 32.1. The Balaban J connectivity index is 1.65. The Kier molecular flexibility index (Phi) is 5.63. The molecule has 3 rings (SSSR count). The minimum absolute atomic E-state index is 0.104. The zero-order chi connectivity index (χ0) is 17.2. The number of ether oxygens (including phenoxy) is 1. The van der Waals surface area contributed by atoms with Gasteiger partial charge < -0.3 is 9.64 Å². The van der Waals surface area contributed by atoms with Gasteiger partial charge in [-0.05, 0) is 29.7 Å². The highest BCUT2D eigenvalue weighted by Gasteiger charge is 2.48. The average molecular weight is 351 g/mol. The van der Waals surface area contributed by atoms with Crippen LogP contribution in [0.1, 0.15) is 31.6 Å². The van der Waals surface area contributed by atoms with Crippen molar-refractivity contribution < 1.29 is 9.53 Å². The summed E-state index contributed by atoms with van der Waals surface area (Å²) in [5.74, 6) is 0.994. The Hall–Kier alpha value is -0.910. The standard InChI is InChI=1S/C19H30N2O2S/c1-15(2)18(22)21-8-6-19(7-9-21)14-20(11-16(19)13-23-3)12-17-5-4-10-24-17/h4-5,10,15-16H,6-9,11-14H2,1-3H3/t16-/m1/s1. The van der Waals surface area contributed by atoms with Crippen LogP contribution in [-0.4, -0.2) is 55.6 Å². The number of nitrogens with zero attached hydrogens (tertiary/aromatic N) is 2. The molecule has 2 aliphatic rings. The van der Waals surface area contributed by atoms with Gasteiger partial charge in [-0.2, -0.15) is 0 Å². The van der Waals surface area contributed by atoms with Gasteiger partial charge in [-0.1, -0.05) is 19.9 Å². The maximum Gasteiger partial charge on any atom is 0.225 e. The summed E-state index contributed by atoms with van der Waals surface area (Å²) in [4.78, 5) is 18.4. The lowest BCUT2D eigenvalue weighted by molar-refractivity contribution is -0.137. The number of thiophene rings is 1. The lowest BCUT2D eigenvalue weighted by atomic mass is 9.71. The lowest BCUT2D eigenvalue weighted by Crippen LogP contribution is -2.48. The van der Waals surface area contributed by atoms with Crippen molar-refractivity contribution in [1.29, 1.82) is 0 Å². The SMILES string of the molecule is COC[C@H]1CN(Cc2cccs2)CC12CCN(C(=O)C(C)C)CC2. The van der Waals surface area contributed by atoms with Crippen molar-refractivity contribution >= 4 is 17.2 Å². The van der Waals surface area contributed by atoms with Crippen LogP contribution in [0, 0.1) is 17.3 Å². The van der Waals surface area contributed by atoms with Gasteiger partial charge in [-0.15, -0.1) is 11.3 Å². The topological polar surface area (TPSA) is 32.8 Å². The summed E-state index contributed by atoms with van der Waals surface area (Å²) >= 11 is 1.84. The van der Waals surface area contributed by atoms with Gasteiger partial charge in [0.05, 0.1) is 6.61 Å². The molecule has 4 nitrogen and oxygen atoms in total. The molecule has 2 fully saturated rings. The molecule has 0 N–H and O–H groups in total. The first-order chi connectivity index (χ1) is 11.5. The fourth-order valence-electron chi connectivity index (χ4n) is 4.42. The maximum atomic E-state index is 12.3. The molecule has 3 heterocycles. The molecule has 24 heavy (non-hydrogen) atoms. The second-order valence-electron chi connectivity index (χ2n) is 7.74. The van der Waals surface area contributed by atoms with E-state index in [9.17, 15) is 4.79 Å². The van der Waals surface area contributed by atoms with E-state index in [-0.39, 0.29) is 5.92 Å². The Morgan fingerprint density at radius 1 is 1.42 bits per heavy atom. The van der Waals surface area contributed by atoms with Gasteiger partial charge in [-0.3, -0.25) is 9.69 Å². The van der Waals surface area contributed by atoms with E-state index in [0.717, 1.165) is 52.2 Å². The van der Waals surface area contributed by atoms with Crippen LogP contribution in [0.25, 0.3) is 0 Å². The third-order valence-corrected chi connectivity index (χ3v) is 6.64. The second-order valence-corrected chi connectivity index (χ2v) is 8.78. The molecule has 1 aromatic heterocycles. The maximum absolute atomic E-state index is 12.3. The molecule has 5 heteroatoms. The summed E-state index contributed by atoms with van der Waals surface area (Å²) in [6.45, 7) is 9.95. The monoisotopic (exact) mass is 350 g/mol. The molecular weight excluding hydrogens is 320 g/mol. The van der Waals surface area contributed by atoms with Crippen molar-refractivity contribution in [3.05, 3.63) is 22.4 Å². The van der Waals surface area contributed by atoms with Gasteiger partial charge in [0.25, 0.3) is 0 Å². The molecule has 2 aliphatic heterocycles. The Morgan fingerprint density at radius 2 is 2.17 bits per heavy atom. The Morgan fingerprint density at radius 3 is 2.75 bits per heavy atom. The summed E-state index contributed by atoms with van der Waals surface area (Å²) < 4.78 is 5.54. The molecule has 1 amide bonds. The van der Waals surface area contributed by atoms with Crippen LogP contribution in [0.4, 0.5) is 0 Å². The van der Waals surface area contributed by atoms with Gasteiger partial charge in [0.15, 0.2) is 0 Å². The third kappa shape index (κ3) is 3.68. The number of amides is 1. The van der Waals surface area contributed by atoms with Crippen molar-refractivity contribution in [2.45, 2.75) is 33.2 Å². The molecule has 0 unspecified atom stereocenters. The quantitative estimate of drug-likeness (QED) is 0.818. The molecule has 1 atom stereocenters. The largest absolute Gasteiger partial charge is 0.384 e. The van der Waals surface area contributed by atoms with Crippen molar-refractivity contribution in [1.82, 2.24) is 9.80 Å². The zero-order valence-electron chi connectivity index (χ0n) is 15.2. The molecule has 0 saturated carbocycles. The third-order valence-electron chi connectivity index (χ3n) is 5.78. The minimum Gasteiger partial charge on any atom is -0.384 e. The van der Waals surface area contributed by atoms with E-state index in [1.54, 1.807) is 0 Å². The number of methoxy groups -OCH3 is 1. The van der Waals surface area contributed by atoms with Crippen LogP contribution in [0.15, 0.2) is 17.5 Å². The lowest BCUT2D eigenvalue weighted by Gasteiger charge is -2.43. The first-order valence-electron chi connectivity index (χ1n) is 9.06. The number of rotatable bonds is 5.